The van der Waals surface area contributed by atoms with E-state index in [4.69, 9.17) is 4.74 Å². The number of allylic oxidation sites excluding steroid dienone is 1. The number of anilines is 1. The molecule has 176 valence electrons. The fraction of sp³-hybridized carbons (Fsp3) is 0.233. The van der Waals surface area contributed by atoms with Gasteiger partial charge in [0.15, 0.2) is 0 Å². The van der Waals surface area contributed by atoms with Crippen molar-refractivity contribution < 1.29 is 19.1 Å². The maximum atomic E-state index is 14.6. The first-order valence-corrected chi connectivity index (χ1v) is 11.9. The lowest BCUT2D eigenvalue weighted by Crippen LogP contribution is -2.48. The van der Waals surface area contributed by atoms with E-state index in [0.717, 1.165) is 22.3 Å². The Kier molecular flexibility index (Phi) is 5.64. The van der Waals surface area contributed by atoms with E-state index >= 15 is 0 Å². The van der Waals surface area contributed by atoms with Crippen LogP contribution in [0.2, 0.25) is 0 Å². The van der Waals surface area contributed by atoms with Gasteiger partial charge in [-0.25, -0.2) is 9.69 Å². The summed E-state index contributed by atoms with van der Waals surface area (Å²) in [7, 11) is 0. The quantitative estimate of drug-likeness (QED) is 0.497. The summed E-state index contributed by atoms with van der Waals surface area (Å²) in [6, 6.07) is 25.1. The van der Waals surface area contributed by atoms with Gasteiger partial charge in [0.2, 0.25) is 11.8 Å². The average Bonchev–Trinajstić information content (AvgIpc) is 3.34. The van der Waals surface area contributed by atoms with Crippen molar-refractivity contribution in [3.8, 4) is 0 Å². The van der Waals surface area contributed by atoms with Crippen molar-refractivity contribution >= 4 is 23.5 Å². The second kappa shape index (κ2) is 8.66. The molecule has 35 heavy (non-hydrogen) atoms. The number of esters is 1. The van der Waals surface area contributed by atoms with Crippen LogP contribution in [0.15, 0.2) is 90.5 Å². The summed E-state index contributed by atoms with van der Waals surface area (Å²) in [5.74, 6) is -2.19. The van der Waals surface area contributed by atoms with Crippen molar-refractivity contribution in [2.45, 2.75) is 38.0 Å². The van der Waals surface area contributed by atoms with Gasteiger partial charge in [0.1, 0.15) is 0 Å². The molecule has 0 saturated heterocycles. The molecule has 2 amide bonds. The molecular formula is C30H27NO4. The lowest BCUT2D eigenvalue weighted by molar-refractivity contribution is -0.138. The predicted octanol–water partition coefficient (Wildman–Crippen LogP) is 5.20. The molecule has 1 aliphatic carbocycles. The number of carbonyl (C=O) groups is 3. The number of aryl methyl sites for hydroxylation is 1. The second-order valence-electron chi connectivity index (χ2n) is 9.12. The molecule has 1 spiro atoms. The smallest absolute Gasteiger partial charge is 0.334 e. The summed E-state index contributed by atoms with van der Waals surface area (Å²) >= 11 is 0. The first-order valence-electron chi connectivity index (χ1n) is 11.9. The number of rotatable bonds is 4. The van der Waals surface area contributed by atoms with Gasteiger partial charge in [0.25, 0.3) is 0 Å². The number of fused-ring (bicyclic) bond motifs is 2. The highest BCUT2D eigenvalue weighted by Gasteiger charge is 2.65. The van der Waals surface area contributed by atoms with Crippen LogP contribution in [-0.2, 0) is 24.5 Å². The first kappa shape index (κ1) is 22.8. The summed E-state index contributed by atoms with van der Waals surface area (Å²) in [5, 5.41) is 0. The minimum Gasteiger partial charge on any atom is -0.463 e. The number of amides is 2. The zero-order valence-electron chi connectivity index (χ0n) is 20.0. The molecule has 0 radical (unpaired) electrons. The Morgan fingerprint density at radius 1 is 0.943 bits per heavy atom. The highest BCUT2D eigenvalue weighted by molar-refractivity contribution is 6.24. The van der Waals surface area contributed by atoms with Crippen LogP contribution in [0.1, 0.15) is 47.9 Å². The zero-order chi connectivity index (χ0) is 24.7. The van der Waals surface area contributed by atoms with Gasteiger partial charge in [-0.1, -0.05) is 78.9 Å². The highest BCUT2D eigenvalue weighted by Crippen LogP contribution is 2.63. The van der Waals surface area contributed by atoms with Crippen molar-refractivity contribution in [1.82, 2.24) is 0 Å². The highest BCUT2D eigenvalue weighted by atomic mass is 16.5. The van der Waals surface area contributed by atoms with Crippen LogP contribution in [0.25, 0.3) is 0 Å². The first-order chi connectivity index (χ1) is 16.9. The van der Waals surface area contributed by atoms with Crippen LogP contribution < -0.4 is 4.90 Å². The van der Waals surface area contributed by atoms with Crippen LogP contribution in [0.4, 0.5) is 5.69 Å². The van der Waals surface area contributed by atoms with Gasteiger partial charge in [-0.3, -0.25) is 9.59 Å². The van der Waals surface area contributed by atoms with Gasteiger partial charge >= 0.3 is 5.97 Å². The summed E-state index contributed by atoms with van der Waals surface area (Å²) in [6.07, 6.45) is 1.89. The Hall–Kier alpha value is -3.99. The van der Waals surface area contributed by atoms with E-state index in [0.29, 0.717) is 11.3 Å². The standard InChI is InChI=1S/C30H27NO4/c1-4-35-28(33)23-18-25(21-11-7-5-8-12-21)30(27(23)22-13-9-6-10-14-22)24-16-15-19(2)17-26(24)31(20(3)32)29(30)34/h5-18,25,27H,4H2,1-3H3. The molecule has 1 aliphatic heterocycles. The molecule has 3 unspecified atom stereocenters. The van der Waals surface area contributed by atoms with E-state index in [-0.39, 0.29) is 18.4 Å². The maximum Gasteiger partial charge on any atom is 0.334 e. The van der Waals surface area contributed by atoms with Gasteiger partial charge < -0.3 is 4.74 Å². The van der Waals surface area contributed by atoms with Crippen molar-refractivity contribution in [1.29, 1.82) is 0 Å². The third-order valence-corrected chi connectivity index (χ3v) is 7.12. The molecule has 3 atom stereocenters. The summed E-state index contributed by atoms with van der Waals surface area (Å²) < 4.78 is 5.48. The molecule has 0 bridgehead atoms. The number of imide groups is 1. The lowest BCUT2D eigenvalue weighted by atomic mass is 9.62. The van der Waals surface area contributed by atoms with E-state index in [1.807, 2.05) is 91.9 Å². The number of carbonyl (C=O) groups excluding carboxylic acids is 3. The van der Waals surface area contributed by atoms with Crippen LogP contribution in [0.5, 0.6) is 0 Å². The van der Waals surface area contributed by atoms with Crippen molar-refractivity contribution in [2.24, 2.45) is 0 Å². The molecule has 1 heterocycles. The van der Waals surface area contributed by atoms with Gasteiger partial charge in [0.05, 0.1) is 17.7 Å². The Labute approximate surface area is 205 Å². The van der Waals surface area contributed by atoms with Crippen LogP contribution >= 0.6 is 0 Å². The van der Waals surface area contributed by atoms with Gasteiger partial charge in [-0.05, 0) is 42.2 Å². The number of nitrogens with zero attached hydrogens (tertiary/aromatic N) is 1. The van der Waals surface area contributed by atoms with Gasteiger partial charge in [-0.15, -0.1) is 0 Å². The van der Waals surface area contributed by atoms with Crippen molar-refractivity contribution in [3.05, 3.63) is 113 Å². The Balaban J connectivity index is 1.88. The summed E-state index contributed by atoms with van der Waals surface area (Å²) in [5.41, 5.74) is 3.25. The van der Waals surface area contributed by atoms with E-state index in [2.05, 4.69) is 0 Å². The molecule has 0 fully saturated rings. The zero-order valence-corrected chi connectivity index (χ0v) is 20.0. The molecule has 0 aromatic heterocycles. The fourth-order valence-corrected chi connectivity index (χ4v) is 5.82. The van der Waals surface area contributed by atoms with Gasteiger partial charge in [0, 0.05) is 24.3 Å². The fourth-order valence-electron chi connectivity index (χ4n) is 5.82. The van der Waals surface area contributed by atoms with E-state index in [9.17, 15) is 14.4 Å². The molecule has 3 aromatic rings. The third-order valence-electron chi connectivity index (χ3n) is 7.12. The Bertz CT molecular complexity index is 1350. The van der Waals surface area contributed by atoms with Crippen LogP contribution in [0.3, 0.4) is 0 Å². The largest absolute Gasteiger partial charge is 0.463 e. The number of hydrogen-bond acceptors (Lipinski definition) is 4. The van der Waals surface area contributed by atoms with Crippen molar-refractivity contribution in [3.63, 3.8) is 0 Å². The normalized spacial score (nSPS) is 22.8. The number of ether oxygens (including phenoxy) is 1. The van der Waals surface area contributed by atoms with E-state index < -0.39 is 23.2 Å². The maximum absolute atomic E-state index is 14.6. The number of benzene rings is 3. The minimum absolute atomic E-state index is 0.226. The van der Waals surface area contributed by atoms with Crippen LogP contribution in [0, 0.1) is 6.92 Å². The topological polar surface area (TPSA) is 63.7 Å². The molecule has 0 saturated carbocycles. The molecule has 5 heteroatoms. The van der Waals surface area contributed by atoms with Gasteiger partial charge in [-0.2, -0.15) is 0 Å². The average molecular weight is 466 g/mol. The molecule has 3 aromatic carbocycles. The second-order valence-corrected chi connectivity index (χ2v) is 9.12. The molecule has 5 nitrogen and oxygen atoms in total. The van der Waals surface area contributed by atoms with E-state index in [1.165, 1.54) is 11.8 Å². The van der Waals surface area contributed by atoms with Crippen molar-refractivity contribution in [2.75, 3.05) is 11.5 Å². The summed E-state index contributed by atoms with van der Waals surface area (Å²) in [6.45, 7) is 5.34. The Morgan fingerprint density at radius 3 is 2.17 bits per heavy atom. The van der Waals surface area contributed by atoms with Crippen LogP contribution in [-0.4, -0.2) is 24.4 Å². The third kappa shape index (κ3) is 3.34. The molecule has 2 aliphatic rings. The molecule has 5 rings (SSSR count). The lowest BCUT2D eigenvalue weighted by Gasteiger charge is -2.37. The number of hydrogen-bond donors (Lipinski definition) is 0. The van der Waals surface area contributed by atoms with E-state index in [1.54, 1.807) is 6.92 Å². The SMILES string of the molecule is CCOC(=O)C1=CC(c2ccccc2)C2(C(=O)N(C(C)=O)c3cc(C)ccc32)C1c1ccccc1. The molecule has 0 N–H and O–H groups in total. The molecular weight excluding hydrogens is 438 g/mol. The predicted molar refractivity (Wildman–Crippen MR) is 134 cm³/mol. The minimum atomic E-state index is -1.21. The Morgan fingerprint density at radius 2 is 1.57 bits per heavy atom. The monoisotopic (exact) mass is 465 g/mol. The summed E-state index contributed by atoms with van der Waals surface area (Å²) in [4.78, 5) is 42.1.